The van der Waals surface area contributed by atoms with Gasteiger partial charge in [-0.05, 0) is 24.2 Å². The van der Waals surface area contributed by atoms with E-state index in [2.05, 4.69) is 20.2 Å². The number of hydrogen-bond acceptors (Lipinski definition) is 6. The van der Waals surface area contributed by atoms with Crippen LogP contribution in [0.5, 0.6) is 5.75 Å². The van der Waals surface area contributed by atoms with E-state index in [-0.39, 0.29) is 22.2 Å². The van der Waals surface area contributed by atoms with Crippen molar-refractivity contribution in [1.29, 1.82) is 0 Å². The summed E-state index contributed by atoms with van der Waals surface area (Å²) in [5, 5.41) is 9.59. The minimum absolute atomic E-state index is 0.0279. The Balaban J connectivity index is 2.01. The molecule has 0 aliphatic carbocycles. The van der Waals surface area contributed by atoms with E-state index in [0.717, 1.165) is 6.07 Å². The first-order valence-electron chi connectivity index (χ1n) is 6.86. The summed E-state index contributed by atoms with van der Waals surface area (Å²) in [6.07, 6.45) is 0.379. The number of nitrogens with two attached hydrogens (primary N) is 1. The molecule has 0 spiro atoms. The van der Waals surface area contributed by atoms with Gasteiger partial charge in [0.2, 0.25) is 0 Å². The number of fused-ring (bicyclic) bond motifs is 1. The summed E-state index contributed by atoms with van der Waals surface area (Å²) in [6.45, 7) is 0.223. The quantitative estimate of drug-likeness (QED) is 0.699. The van der Waals surface area contributed by atoms with Crippen molar-refractivity contribution >= 4 is 16.7 Å². The summed E-state index contributed by atoms with van der Waals surface area (Å²) < 4.78 is 44.8. The largest absolute Gasteiger partial charge is 0.479 e. The van der Waals surface area contributed by atoms with Gasteiger partial charge in [0.05, 0.1) is 16.0 Å². The zero-order valence-corrected chi connectivity index (χ0v) is 12.7. The summed E-state index contributed by atoms with van der Waals surface area (Å²) in [4.78, 5) is 8.17. The fourth-order valence-electron chi connectivity index (χ4n) is 2.19. The molecule has 0 amide bonds. The lowest BCUT2D eigenvalue weighted by molar-refractivity contribution is -0.867. The molecule has 0 saturated carbocycles. The van der Waals surface area contributed by atoms with Crippen molar-refractivity contribution < 1.29 is 22.7 Å². The number of rotatable bonds is 4. The Morgan fingerprint density at radius 3 is 2.75 bits per heavy atom. The van der Waals surface area contributed by atoms with Crippen molar-refractivity contribution in [1.82, 2.24) is 25.4 Å². The van der Waals surface area contributed by atoms with Crippen molar-refractivity contribution in [2.75, 3.05) is 5.73 Å². The van der Waals surface area contributed by atoms with Gasteiger partial charge in [-0.1, -0.05) is 0 Å². The maximum atomic E-state index is 14.1. The Morgan fingerprint density at radius 1 is 1.33 bits per heavy atom. The van der Waals surface area contributed by atoms with Crippen LogP contribution in [-0.2, 0) is 0 Å². The Hall–Kier alpha value is -2.98. The first-order valence-corrected chi connectivity index (χ1v) is 6.86. The van der Waals surface area contributed by atoms with Crippen LogP contribution in [0.2, 0.25) is 0 Å². The van der Waals surface area contributed by atoms with E-state index >= 15 is 0 Å². The second-order valence-corrected chi connectivity index (χ2v) is 5.02. The van der Waals surface area contributed by atoms with E-state index in [9.17, 15) is 13.2 Å². The maximum Gasteiger partial charge on any atom is 0.424 e. The molecule has 1 aromatic carbocycles. The molecule has 8 nitrogen and oxygen atoms in total. The van der Waals surface area contributed by atoms with Crippen LogP contribution < -0.4 is 15.3 Å². The Bertz CT molecular complexity index is 899. The summed E-state index contributed by atoms with van der Waals surface area (Å²) in [5.41, 5.74) is 6.45. The highest BCUT2D eigenvalue weighted by atomic mass is 19.3. The third-order valence-corrected chi connectivity index (χ3v) is 3.42. The second kappa shape index (κ2) is 5.91. The normalized spacial score (nSPS) is 12.8. The number of nitrogen functional groups attached to an aromatic ring is 1. The van der Waals surface area contributed by atoms with Gasteiger partial charge >= 0.3 is 12.4 Å². The molecular weight excluding hydrogens is 327 g/mol. The fourth-order valence-corrected chi connectivity index (χ4v) is 2.19. The molecule has 3 rings (SSSR count). The molecule has 0 unspecified atom stereocenters. The summed E-state index contributed by atoms with van der Waals surface area (Å²) in [5.74, 6) is -0.379. The molecule has 1 atom stereocenters. The van der Waals surface area contributed by atoms with E-state index < -0.39 is 18.5 Å². The third-order valence-electron chi connectivity index (χ3n) is 3.42. The average Bonchev–Trinajstić information content (AvgIpc) is 3.02. The number of nitrogens with one attached hydrogen (secondary N) is 1. The number of alkyl halides is 2. The van der Waals surface area contributed by atoms with Gasteiger partial charge in [-0.2, -0.15) is 8.78 Å². The molecule has 2 heterocycles. The predicted octanol–water partition coefficient (Wildman–Crippen LogP) is 1.60. The lowest BCUT2D eigenvalue weighted by Crippen LogP contribution is -2.40. The van der Waals surface area contributed by atoms with Gasteiger partial charge in [0.25, 0.3) is 0 Å². The van der Waals surface area contributed by atoms with Gasteiger partial charge in [-0.3, -0.25) is 0 Å². The molecule has 0 radical (unpaired) electrons. The number of nitrogens with zero attached hydrogens (tertiary/aromatic N) is 5. The number of anilines is 1. The maximum absolute atomic E-state index is 14.1. The van der Waals surface area contributed by atoms with Crippen LogP contribution in [0.4, 0.5) is 19.0 Å². The fraction of sp³-hybridized carbons (Fsp3) is 0.308. The number of aryl methyl sites for hydroxylation is 1. The molecule has 0 aliphatic rings. The lowest BCUT2D eigenvalue weighted by Gasteiger charge is -2.14. The smallest absolute Gasteiger partial charge is 0.424 e. The van der Waals surface area contributed by atoms with E-state index in [1.54, 1.807) is 6.92 Å². The van der Waals surface area contributed by atoms with Crippen molar-refractivity contribution in [2.24, 2.45) is 0 Å². The molecule has 0 bridgehead atoms. The molecule has 126 valence electrons. The minimum atomic E-state index is -2.86. The molecule has 24 heavy (non-hydrogen) atoms. The zero-order valence-electron chi connectivity index (χ0n) is 12.7. The number of benzene rings is 1. The molecule has 0 fully saturated rings. The van der Waals surface area contributed by atoms with E-state index in [1.165, 1.54) is 13.3 Å². The van der Waals surface area contributed by atoms with Gasteiger partial charge in [-0.15, -0.1) is 0 Å². The highest BCUT2D eigenvalue weighted by Gasteiger charge is 2.26. The molecule has 2 aromatic heterocycles. The van der Waals surface area contributed by atoms with Crippen LogP contribution in [0.25, 0.3) is 10.9 Å². The monoisotopic (exact) mass is 340 g/mol. The molecule has 0 saturated heterocycles. The number of hydrogen-bond donors (Lipinski definition) is 2. The van der Waals surface area contributed by atoms with Crippen LogP contribution >= 0.6 is 0 Å². The molecule has 3 aromatic rings. The standard InChI is InChI=1S/C13H12F3N7O/c1-5-7(14)3-8(9-10(5)18-4-19-11(9)17)24-6(2)12-20-22-23(21-12)13(15)16/h3-4,6,13H,1-2H3,(H2,17,18,19)/p+1/t6-/m0/s1. The number of halogens is 3. The molecule has 0 aliphatic heterocycles. The van der Waals surface area contributed by atoms with Crippen LogP contribution in [-0.4, -0.2) is 25.4 Å². The molecule has 3 N–H and O–H groups in total. The second-order valence-electron chi connectivity index (χ2n) is 5.02. The van der Waals surface area contributed by atoms with Gasteiger partial charge < -0.3 is 10.5 Å². The lowest BCUT2D eigenvalue weighted by atomic mass is 10.1. The summed E-state index contributed by atoms with van der Waals surface area (Å²) in [6, 6.07) is 1.14. The van der Waals surface area contributed by atoms with Crippen LogP contribution in [0, 0.1) is 12.7 Å². The van der Waals surface area contributed by atoms with Gasteiger partial charge in [0, 0.05) is 16.4 Å². The highest BCUT2D eigenvalue weighted by Crippen LogP contribution is 2.34. The van der Waals surface area contributed by atoms with Gasteiger partial charge in [0.1, 0.15) is 23.7 Å². The van der Waals surface area contributed by atoms with Crippen LogP contribution in [0.3, 0.4) is 0 Å². The summed E-state index contributed by atoms with van der Waals surface area (Å²) >= 11 is 0. The van der Waals surface area contributed by atoms with Gasteiger partial charge in [0.15, 0.2) is 6.10 Å². The van der Waals surface area contributed by atoms with Crippen LogP contribution in [0.15, 0.2) is 12.4 Å². The zero-order chi connectivity index (χ0) is 17.4. The number of tetrazole rings is 1. The van der Waals surface area contributed by atoms with Crippen molar-refractivity contribution in [3.05, 3.63) is 29.6 Å². The number of ether oxygens (including phenoxy) is 1. The highest BCUT2D eigenvalue weighted by molar-refractivity contribution is 5.95. The van der Waals surface area contributed by atoms with Crippen molar-refractivity contribution in [2.45, 2.75) is 26.5 Å². The van der Waals surface area contributed by atoms with Gasteiger partial charge in [-0.25, -0.2) is 14.4 Å². The van der Waals surface area contributed by atoms with Crippen LogP contribution in [0.1, 0.15) is 31.0 Å². The first kappa shape index (κ1) is 15.9. The Morgan fingerprint density at radius 2 is 2.08 bits per heavy atom. The number of H-pyrrole nitrogens is 1. The molecular formula is C13H13F3N7O+. The Labute approximate surface area is 133 Å². The summed E-state index contributed by atoms with van der Waals surface area (Å²) in [7, 11) is 0. The number of aromatic amines is 1. The average molecular weight is 340 g/mol. The SMILES string of the molecule is Cc1c(F)cc(O[C@@H](C)c2n[nH][n+](C(F)F)n2)c2c(N)ncnc12. The number of aromatic nitrogens is 6. The molecule has 11 heteroatoms. The van der Waals surface area contributed by atoms with E-state index in [0.29, 0.717) is 16.5 Å². The van der Waals surface area contributed by atoms with Crippen molar-refractivity contribution in [3.63, 3.8) is 0 Å². The van der Waals surface area contributed by atoms with Crippen molar-refractivity contribution in [3.8, 4) is 5.75 Å². The Kier molecular flexibility index (Phi) is 3.91. The first-order chi connectivity index (χ1) is 11.4. The van der Waals surface area contributed by atoms with E-state index in [4.69, 9.17) is 10.5 Å². The third kappa shape index (κ3) is 2.68. The predicted molar refractivity (Wildman–Crippen MR) is 75.5 cm³/mol. The topological polar surface area (TPSA) is 106 Å². The van der Waals surface area contributed by atoms with E-state index in [1.807, 2.05) is 5.21 Å². The minimum Gasteiger partial charge on any atom is -0.479 e.